The maximum Gasteiger partial charge on any atom is 0.0960 e. The highest BCUT2D eigenvalue weighted by molar-refractivity contribution is 7.19. The quantitative estimate of drug-likeness (QED) is 0.638. The first kappa shape index (κ1) is 12.2. The molecular formula is C15H16OS. The second kappa shape index (κ2) is 4.91. The lowest BCUT2D eigenvalue weighted by Gasteiger charge is -2.21. The predicted octanol–water partition coefficient (Wildman–Crippen LogP) is 3.91. The van der Waals surface area contributed by atoms with Crippen LogP contribution in [0.3, 0.4) is 0 Å². The highest BCUT2D eigenvalue weighted by Crippen LogP contribution is 2.35. The molecule has 0 amide bonds. The smallest absolute Gasteiger partial charge is 0.0960 e. The summed E-state index contributed by atoms with van der Waals surface area (Å²) in [6.45, 7) is 1.87. The summed E-state index contributed by atoms with van der Waals surface area (Å²) in [7, 11) is 0. The van der Waals surface area contributed by atoms with Crippen LogP contribution in [0.15, 0.2) is 30.3 Å². The van der Waals surface area contributed by atoms with Gasteiger partial charge in [-0.05, 0) is 37.3 Å². The minimum Gasteiger partial charge on any atom is -0.385 e. The van der Waals surface area contributed by atoms with E-state index in [9.17, 15) is 5.11 Å². The summed E-state index contributed by atoms with van der Waals surface area (Å²) in [6.07, 6.45) is 7.52. The Balaban J connectivity index is 2.23. The van der Waals surface area contributed by atoms with Gasteiger partial charge in [-0.15, -0.1) is 23.7 Å². The number of aliphatic hydroxyl groups is 1. The number of hydrogen-bond acceptors (Lipinski definition) is 2. The fourth-order valence-electron chi connectivity index (χ4n) is 1.91. The van der Waals surface area contributed by atoms with E-state index in [2.05, 4.69) is 24.1 Å². The highest BCUT2D eigenvalue weighted by atomic mass is 32.1. The topological polar surface area (TPSA) is 20.2 Å². The Morgan fingerprint density at radius 3 is 2.88 bits per heavy atom. The third-order valence-electron chi connectivity index (χ3n) is 2.94. The highest BCUT2D eigenvalue weighted by Gasteiger charge is 2.24. The van der Waals surface area contributed by atoms with E-state index in [0.29, 0.717) is 6.42 Å². The molecule has 17 heavy (non-hydrogen) atoms. The zero-order valence-corrected chi connectivity index (χ0v) is 10.8. The zero-order chi connectivity index (χ0) is 12.3. The van der Waals surface area contributed by atoms with Gasteiger partial charge in [0.1, 0.15) is 0 Å². The van der Waals surface area contributed by atoms with Crippen LogP contribution in [0, 0.1) is 12.3 Å². The van der Waals surface area contributed by atoms with Gasteiger partial charge in [0, 0.05) is 16.0 Å². The maximum absolute atomic E-state index is 10.5. The van der Waals surface area contributed by atoms with E-state index in [0.717, 1.165) is 17.7 Å². The van der Waals surface area contributed by atoms with Crippen LogP contribution in [0.5, 0.6) is 0 Å². The Morgan fingerprint density at radius 2 is 2.18 bits per heavy atom. The van der Waals surface area contributed by atoms with Crippen LogP contribution in [-0.2, 0) is 5.60 Å². The van der Waals surface area contributed by atoms with E-state index >= 15 is 0 Å². The molecule has 0 saturated heterocycles. The van der Waals surface area contributed by atoms with Crippen molar-refractivity contribution in [3.05, 3.63) is 35.2 Å². The molecule has 1 nitrogen and oxygen atoms in total. The Bertz CT molecular complexity index is 512. The molecule has 0 fully saturated rings. The van der Waals surface area contributed by atoms with Gasteiger partial charge in [0.05, 0.1) is 5.60 Å². The lowest BCUT2D eigenvalue weighted by molar-refractivity contribution is 0.0498. The summed E-state index contributed by atoms with van der Waals surface area (Å²) in [5.41, 5.74) is -0.763. The summed E-state index contributed by atoms with van der Waals surface area (Å²) >= 11 is 1.66. The van der Waals surface area contributed by atoms with Crippen molar-refractivity contribution in [3.63, 3.8) is 0 Å². The fourth-order valence-corrected chi connectivity index (χ4v) is 3.04. The Hall–Kier alpha value is -1.30. The van der Waals surface area contributed by atoms with Crippen molar-refractivity contribution in [2.75, 3.05) is 0 Å². The Kier molecular flexibility index (Phi) is 3.51. The number of hydrogen-bond donors (Lipinski definition) is 1. The molecule has 0 spiro atoms. The molecule has 1 unspecified atom stereocenters. The largest absolute Gasteiger partial charge is 0.385 e. The van der Waals surface area contributed by atoms with Gasteiger partial charge in [0.15, 0.2) is 0 Å². The van der Waals surface area contributed by atoms with E-state index in [4.69, 9.17) is 6.42 Å². The van der Waals surface area contributed by atoms with Gasteiger partial charge in [-0.25, -0.2) is 0 Å². The number of terminal acetylenes is 1. The Morgan fingerprint density at radius 1 is 1.41 bits per heavy atom. The molecule has 1 aromatic heterocycles. The summed E-state index contributed by atoms with van der Waals surface area (Å²) in [6, 6.07) is 10.3. The van der Waals surface area contributed by atoms with Gasteiger partial charge in [-0.2, -0.15) is 0 Å². The van der Waals surface area contributed by atoms with E-state index in [-0.39, 0.29) is 0 Å². The van der Waals surface area contributed by atoms with E-state index in [1.165, 1.54) is 10.1 Å². The molecular weight excluding hydrogens is 228 g/mol. The molecule has 88 valence electrons. The first-order valence-electron chi connectivity index (χ1n) is 5.78. The molecule has 0 aliphatic carbocycles. The van der Waals surface area contributed by atoms with Gasteiger partial charge in [-0.3, -0.25) is 0 Å². The third kappa shape index (κ3) is 2.69. The number of fused-ring (bicyclic) bond motifs is 1. The standard InChI is InChI=1S/C15H16OS/c1-3-4-7-10-15(2,16)14-11-12-8-5-6-9-13(12)17-14/h1,5-6,8-9,11,16H,4,7,10H2,2H3. The molecule has 2 heteroatoms. The molecule has 1 N–H and O–H groups in total. The van der Waals surface area contributed by atoms with Crippen LogP contribution in [0.25, 0.3) is 10.1 Å². The minimum atomic E-state index is -0.763. The van der Waals surface area contributed by atoms with Crippen molar-refractivity contribution in [2.45, 2.75) is 31.8 Å². The predicted molar refractivity (Wildman–Crippen MR) is 74.1 cm³/mol. The molecule has 0 radical (unpaired) electrons. The minimum absolute atomic E-state index is 0.712. The number of unbranched alkanes of at least 4 members (excludes halogenated alkanes) is 1. The summed E-state index contributed by atoms with van der Waals surface area (Å²) < 4.78 is 1.22. The second-order valence-electron chi connectivity index (χ2n) is 4.48. The average Bonchev–Trinajstić information content (AvgIpc) is 2.73. The van der Waals surface area contributed by atoms with Crippen molar-refractivity contribution in [1.29, 1.82) is 0 Å². The molecule has 2 rings (SSSR count). The first-order valence-corrected chi connectivity index (χ1v) is 6.60. The second-order valence-corrected chi connectivity index (χ2v) is 5.56. The van der Waals surface area contributed by atoms with Crippen molar-refractivity contribution in [1.82, 2.24) is 0 Å². The van der Waals surface area contributed by atoms with E-state index in [1.54, 1.807) is 11.3 Å². The lowest BCUT2D eigenvalue weighted by atomic mass is 9.97. The van der Waals surface area contributed by atoms with Gasteiger partial charge >= 0.3 is 0 Å². The summed E-state index contributed by atoms with van der Waals surface area (Å²) in [5, 5.41) is 11.7. The Labute approximate surface area is 106 Å². The van der Waals surface area contributed by atoms with Crippen LogP contribution in [0.4, 0.5) is 0 Å². The average molecular weight is 244 g/mol. The van der Waals surface area contributed by atoms with Crippen LogP contribution >= 0.6 is 11.3 Å². The number of rotatable bonds is 4. The fraction of sp³-hybridized carbons (Fsp3) is 0.333. The van der Waals surface area contributed by atoms with E-state index < -0.39 is 5.60 Å². The normalized spacial score (nSPS) is 14.4. The molecule has 1 atom stereocenters. The number of thiophene rings is 1. The van der Waals surface area contributed by atoms with Crippen LogP contribution in [0.1, 0.15) is 31.1 Å². The van der Waals surface area contributed by atoms with Crippen molar-refractivity contribution in [3.8, 4) is 12.3 Å². The molecule has 1 heterocycles. The lowest BCUT2D eigenvalue weighted by Crippen LogP contribution is -2.19. The number of benzene rings is 1. The molecule has 0 aliphatic rings. The molecule has 0 saturated carbocycles. The monoisotopic (exact) mass is 244 g/mol. The van der Waals surface area contributed by atoms with Gasteiger partial charge in [-0.1, -0.05) is 18.2 Å². The van der Waals surface area contributed by atoms with Gasteiger partial charge < -0.3 is 5.11 Å². The van der Waals surface area contributed by atoms with Gasteiger partial charge in [0.2, 0.25) is 0 Å². The van der Waals surface area contributed by atoms with Crippen molar-refractivity contribution in [2.24, 2.45) is 0 Å². The van der Waals surface area contributed by atoms with Gasteiger partial charge in [0.25, 0.3) is 0 Å². The van der Waals surface area contributed by atoms with Crippen LogP contribution in [-0.4, -0.2) is 5.11 Å². The molecule has 2 aromatic rings. The van der Waals surface area contributed by atoms with Crippen LogP contribution < -0.4 is 0 Å². The first-order chi connectivity index (χ1) is 8.13. The molecule has 0 bridgehead atoms. The van der Waals surface area contributed by atoms with Crippen LogP contribution in [0.2, 0.25) is 0 Å². The molecule has 1 aromatic carbocycles. The SMILES string of the molecule is C#CCCCC(C)(O)c1cc2ccccc2s1. The maximum atomic E-state index is 10.5. The van der Waals surface area contributed by atoms with Crippen molar-refractivity contribution >= 4 is 21.4 Å². The molecule has 0 aliphatic heterocycles. The van der Waals surface area contributed by atoms with E-state index in [1.807, 2.05) is 19.1 Å². The van der Waals surface area contributed by atoms with Crippen molar-refractivity contribution < 1.29 is 5.11 Å². The summed E-state index contributed by atoms with van der Waals surface area (Å²) in [4.78, 5) is 1.02. The zero-order valence-electron chi connectivity index (χ0n) is 9.94. The third-order valence-corrected chi connectivity index (χ3v) is 4.31. The summed E-state index contributed by atoms with van der Waals surface area (Å²) in [5.74, 6) is 2.61.